The monoisotopic (exact) mass is 355 g/mol. The van der Waals surface area contributed by atoms with Crippen LogP contribution in [-0.2, 0) is 22.4 Å². The number of methoxy groups -OCH3 is 1. The van der Waals surface area contributed by atoms with Crippen LogP contribution < -0.4 is 5.32 Å². The van der Waals surface area contributed by atoms with Crippen molar-refractivity contribution >= 4 is 34.3 Å². The van der Waals surface area contributed by atoms with Gasteiger partial charge in [0.05, 0.1) is 12.7 Å². The molecule has 0 bridgehead atoms. The molecule has 0 aliphatic heterocycles. The van der Waals surface area contributed by atoms with Crippen LogP contribution in [0.25, 0.3) is 6.08 Å². The van der Waals surface area contributed by atoms with E-state index in [2.05, 4.69) is 5.32 Å². The van der Waals surface area contributed by atoms with Crippen LogP contribution in [-0.4, -0.2) is 19.0 Å². The van der Waals surface area contributed by atoms with Gasteiger partial charge in [-0.25, -0.2) is 4.79 Å². The number of hydrogen-bond acceptors (Lipinski definition) is 4. The molecule has 0 fully saturated rings. The van der Waals surface area contributed by atoms with Crippen molar-refractivity contribution in [3.05, 3.63) is 58.0 Å². The van der Waals surface area contributed by atoms with Gasteiger partial charge in [0.25, 0.3) is 0 Å². The first-order chi connectivity index (χ1) is 12.2. The number of anilines is 1. The van der Waals surface area contributed by atoms with Crippen molar-refractivity contribution in [2.24, 2.45) is 0 Å². The molecule has 4 nitrogen and oxygen atoms in total. The van der Waals surface area contributed by atoms with E-state index in [1.54, 1.807) is 6.08 Å². The number of ether oxygens (including phenoxy) is 1. The summed E-state index contributed by atoms with van der Waals surface area (Å²) in [5.41, 5.74) is 2.54. The molecule has 0 radical (unpaired) electrons. The van der Waals surface area contributed by atoms with Gasteiger partial charge in [0.2, 0.25) is 5.91 Å². The van der Waals surface area contributed by atoms with Crippen molar-refractivity contribution in [1.29, 1.82) is 0 Å². The highest BCUT2D eigenvalue weighted by atomic mass is 32.1. The maximum Gasteiger partial charge on any atom is 0.341 e. The van der Waals surface area contributed by atoms with Crippen LogP contribution in [0, 0.1) is 0 Å². The maximum absolute atomic E-state index is 12.3. The van der Waals surface area contributed by atoms with Crippen molar-refractivity contribution in [2.45, 2.75) is 32.1 Å². The lowest BCUT2D eigenvalue weighted by molar-refractivity contribution is -0.111. The molecular formula is C20H21NO3S. The van der Waals surface area contributed by atoms with Gasteiger partial charge in [0, 0.05) is 11.0 Å². The normalized spacial score (nSPS) is 14.0. The van der Waals surface area contributed by atoms with E-state index in [0.29, 0.717) is 10.6 Å². The van der Waals surface area contributed by atoms with Crippen molar-refractivity contribution in [3.8, 4) is 0 Å². The SMILES string of the molecule is COC(=O)c1c(NC(=O)/C=C/c2ccccc2)sc2c1CCCCC2. The zero-order chi connectivity index (χ0) is 17.6. The van der Waals surface area contributed by atoms with Gasteiger partial charge in [-0.3, -0.25) is 4.79 Å². The quantitative estimate of drug-likeness (QED) is 0.501. The third kappa shape index (κ3) is 4.17. The predicted molar refractivity (Wildman–Crippen MR) is 101 cm³/mol. The predicted octanol–water partition coefficient (Wildman–Crippen LogP) is 4.46. The minimum Gasteiger partial charge on any atom is -0.465 e. The number of benzene rings is 1. The Hall–Kier alpha value is -2.40. The maximum atomic E-state index is 12.3. The standard InChI is InChI=1S/C20H21NO3S/c1-24-20(23)18-15-10-6-3-7-11-16(15)25-19(18)21-17(22)13-12-14-8-4-2-5-9-14/h2,4-5,8-9,12-13H,3,6-7,10-11H2,1H3,(H,21,22)/b13-12+. The van der Waals surface area contributed by atoms with Gasteiger partial charge >= 0.3 is 5.97 Å². The first kappa shape index (κ1) is 17.4. The molecule has 0 saturated carbocycles. The summed E-state index contributed by atoms with van der Waals surface area (Å²) in [6.45, 7) is 0. The number of aryl methyl sites for hydroxylation is 1. The number of amides is 1. The molecule has 0 atom stereocenters. The van der Waals surface area contributed by atoms with Crippen LogP contribution in [0.15, 0.2) is 36.4 Å². The highest BCUT2D eigenvalue weighted by Crippen LogP contribution is 2.37. The van der Waals surface area contributed by atoms with E-state index in [0.717, 1.165) is 36.8 Å². The number of rotatable bonds is 4. The van der Waals surface area contributed by atoms with E-state index in [1.165, 1.54) is 35.8 Å². The fraction of sp³-hybridized carbons (Fsp3) is 0.300. The Morgan fingerprint density at radius 1 is 1.12 bits per heavy atom. The Morgan fingerprint density at radius 3 is 2.64 bits per heavy atom. The van der Waals surface area contributed by atoms with Crippen LogP contribution in [0.2, 0.25) is 0 Å². The van der Waals surface area contributed by atoms with Crippen molar-refractivity contribution < 1.29 is 14.3 Å². The first-order valence-electron chi connectivity index (χ1n) is 8.46. The molecule has 5 heteroatoms. The fourth-order valence-corrected chi connectivity index (χ4v) is 4.32. The van der Waals surface area contributed by atoms with Crippen molar-refractivity contribution in [1.82, 2.24) is 0 Å². The summed E-state index contributed by atoms with van der Waals surface area (Å²) in [4.78, 5) is 25.7. The lowest BCUT2D eigenvalue weighted by Crippen LogP contribution is -2.12. The van der Waals surface area contributed by atoms with Gasteiger partial charge in [-0.15, -0.1) is 11.3 Å². The molecule has 1 aliphatic carbocycles. The van der Waals surface area contributed by atoms with Crippen LogP contribution in [0.1, 0.15) is 45.6 Å². The Morgan fingerprint density at radius 2 is 1.88 bits per heavy atom. The van der Waals surface area contributed by atoms with E-state index >= 15 is 0 Å². The number of hydrogen-bond donors (Lipinski definition) is 1. The summed E-state index contributed by atoms with van der Waals surface area (Å²) in [6, 6.07) is 9.62. The zero-order valence-corrected chi connectivity index (χ0v) is 15.0. The minimum absolute atomic E-state index is 0.245. The molecule has 3 rings (SSSR count). The summed E-state index contributed by atoms with van der Waals surface area (Å²) in [6.07, 6.45) is 8.42. The van der Waals surface area contributed by atoms with E-state index in [1.807, 2.05) is 30.3 Å². The number of thiophene rings is 1. The number of carbonyl (C=O) groups excluding carboxylic acids is 2. The van der Waals surface area contributed by atoms with Gasteiger partial charge in [-0.2, -0.15) is 0 Å². The second kappa shape index (κ2) is 8.12. The molecule has 1 amide bonds. The summed E-state index contributed by atoms with van der Waals surface area (Å²) < 4.78 is 4.95. The smallest absolute Gasteiger partial charge is 0.341 e. The molecular weight excluding hydrogens is 334 g/mol. The molecule has 0 saturated heterocycles. The first-order valence-corrected chi connectivity index (χ1v) is 9.27. The summed E-state index contributed by atoms with van der Waals surface area (Å²) >= 11 is 1.50. The van der Waals surface area contributed by atoms with Gasteiger partial charge in [-0.05, 0) is 42.9 Å². The summed E-state index contributed by atoms with van der Waals surface area (Å²) in [7, 11) is 1.38. The van der Waals surface area contributed by atoms with Gasteiger partial charge < -0.3 is 10.1 Å². The zero-order valence-electron chi connectivity index (χ0n) is 14.2. The minimum atomic E-state index is -0.373. The molecule has 0 spiro atoms. The van der Waals surface area contributed by atoms with Gasteiger partial charge in [0.1, 0.15) is 5.00 Å². The third-order valence-corrected chi connectivity index (χ3v) is 5.48. The Kier molecular flexibility index (Phi) is 5.66. The van der Waals surface area contributed by atoms with Crippen LogP contribution in [0.5, 0.6) is 0 Å². The average molecular weight is 355 g/mol. The Labute approximate surface area is 151 Å². The van der Waals surface area contributed by atoms with Crippen LogP contribution >= 0.6 is 11.3 Å². The number of nitrogens with one attached hydrogen (secondary N) is 1. The van der Waals surface area contributed by atoms with Crippen LogP contribution in [0.4, 0.5) is 5.00 Å². The van der Waals surface area contributed by atoms with Crippen molar-refractivity contribution in [2.75, 3.05) is 12.4 Å². The van der Waals surface area contributed by atoms with Gasteiger partial charge in [-0.1, -0.05) is 36.8 Å². The second-order valence-electron chi connectivity index (χ2n) is 5.99. The number of fused-ring (bicyclic) bond motifs is 1. The molecule has 130 valence electrons. The molecule has 1 aliphatic rings. The van der Waals surface area contributed by atoms with Gasteiger partial charge in [0.15, 0.2) is 0 Å². The summed E-state index contributed by atoms with van der Waals surface area (Å²) in [5, 5.41) is 3.46. The average Bonchev–Trinajstić information content (AvgIpc) is 2.81. The van der Waals surface area contributed by atoms with E-state index in [9.17, 15) is 9.59 Å². The highest BCUT2D eigenvalue weighted by molar-refractivity contribution is 7.17. The lowest BCUT2D eigenvalue weighted by atomic mass is 10.1. The highest BCUT2D eigenvalue weighted by Gasteiger charge is 2.25. The van der Waals surface area contributed by atoms with E-state index in [4.69, 9.17) is 4.74 Å². The van der Waals surface area contributed by atoms with Crippen LogP contribution in [0.3, 0.4) is 0 Å². The number of esters is 1. The molecule has 1 heterocycles. The number of carbonyl (C=O) groups is 2. The third-order valence-electron chi connectivity index (χ3n) is 4.27. The summed E-state index contributed by atoms with van der Waals surface area (Å²) in [5.74, 6) is -0.618. The largest absolute Gasteiger partial charge is 0.465 e. The Balaban J connectivity index is 1.83. The second-order valence-corrected chi connectivity index (χ2v) is 7.10. The topological polar surface area (TPSA) is 55.4 Å². The Bertz CT molecular complexity index is 793. The van der Waals surface area contributed by atoms with E-state index < -0.39 is 0 Å². The van der Waals surface area contributed by atoms with E-state index in [-0.39, 0.29) is 11.9 Å². The molecule has 1 N–H and O–H groups in total. The molecule has 0 unspecified atom stereocenters. The fourth-order valence-electron chi connectivity index (χ4n) is 3.04. The molecule has 25 heavy (non-hydrogen) atoms. The molecule has 1 aromatic carbocycles. The molecule has 1 aromatic heterocycles. The molecule has 2 aromatic rings. The lowest BCUT2D eigenvalue weighted by Gasteiger charge is -2.06. The van der Waals surface area contributed by atoms with Crippen molar-refractivity contribution in [3.63, 3.8) is 0 Å².